The van der Waals surface area contributed by atoms with Gasteiger partial charge in [-0.15, -0.1) is 0 Å². The summed E-state index contributed by atoms with van der Waals surface area (Å²) in [4.78, 5) is 13.1. The maximum absolute atomic E-state index is 11.5. The Morgan fingerprint density at radius 1 is 1.38 bits per heavy atom. The molecular weight excluding hydrogens is 200 g/mol. The van der Waals surface area contributed by atoms with Gasteiger partial charge in [0.05, 0.1) is 0 Å². The van der Waals surface area contributed by atoms with Crippen LogP contribution in [-0.4, -0.2) is 30.9 Å². The Kier molecular flexibility index (Phi) is 5.10. The van der Waals surface area contributed by atoms with Crippen LogP contribution in [0.5, 0.6) is 0 Å². The van der Waals surface area contributed by atoms with Crippen molar-refractivity contribution in [3.63, 3.8) is 0 Å². The maximum Gasteiger partial charge on any atom is 0.298 e. The zero-order valence-electron chi connectivity index (χ0n) is 9.44. The molecule has 0 radical (unpaired) electrons. The Morgan fingerprint density at radius 3 is 2.69 bits per heavy atom. The first-order valence-electron chi connectivity index (χ1n) is 5.26. The maximum atomic E-state index is 11.5. The monoisotopic (exact) mass is 216 g/mol. The van der Waals surface area contributed by atoms with Gasteiger partial charge in [-0.05, 0) is 25.1 Å². The highest BCUT2D eigenvalue weighted by atomic mass is 16.2. The first-order chi connectivity index (χ1) is 7.74. The fraction of sp³-hybridized carbons (Fsp3) is 0.308. The first kappa shape index (κ1) is 12.3. The second-order valence-corrected chi connectivity index (χ2v) is 3.48. The lowest BCUT2D eigenvalue weighted by atomic mass is 10.2. The topological polar surface area (TPSA) is 46.3 Å². The predicted octanol–water partition coefficient (Wildman–Crippen LogP) is 0.845. The molecule has 0 saturated carbocycles. The number of carbonyl (C=O) groups is 1. The minimum Gasteiger partial charge on any atom is -0.335 e. The van der Waals surface area contributed by atoms with Crippen LogP contribution < -0.4 is 5.73 Å². The van der Waals surface area contributed by atoms with Gasteiger partial charge in [0, 0.05) is 25.1 Å². The average molecular weight is 216 g/mol. The zero-order chi connectivity index (χ0) is 11.8. The SMILES string of the molecule is CN(CCCN)C(=O)C#Cc1ccccc1. The number of hydrogen-bond donors (Lipinski definition) is 1. The van der Waals surface area contributed by atoms with E-state index in [1.165, 1.54) is 0 Å². The Labute approximate surface area is 96.2 Å². The van der Waals surface area contributed by atoms with Gasteiger partial charge in [-0.2, -0.15) is 0 Å². The largest absolute Gasteiger partial charge is 0.335 e. The number of nitrogens with two attached hydrogens (primary N) is 1. The van der Waals surface area contributed by atoms with Crippen molar-refractivity contribution in [3.8, 4) is 11.8 Å². The van der Waals surface area contributed by atoms with Crippen LogP contribution in [0, 0.1) is 11.8 Å². The van der Waals surface area contributed by atoms with E-state index < -0.39 is 0 Å². The quantitative estimate of drug-likeness (QED) is 0.761. The number of rotatable bonds is 3. The van der Waals surface area contributed by atoms with Crippen LogP contribution in [0.25, 0.3) is 0 Å². The Hall–Kier alpha value is -1.79. The summed E-state index contributed by atoms with van der Waals surface area (Å²) < 4.78 is 0. The molecule has 0 aliphatic carbocycles. The van der Waals surface area contributed by atoms with Gasteiger partial charge in [0.15, 0.2) is 0 Å². The number of nitrogens with zero attached hydrogens (tertiary/aromatic N) is 1. The van der Waals surface area contributed by atoms with Crippen LogP contribution in [0.15, 0.2) is 30.3 Å². The molecule has 0 fully saturated rings. The van der Waals surface area contributed by atoms with E-state index >= 15 is 0 Å². The second-order valence-electron chi connectivity index (χ2n) is 3.48. The summed E-state index contributed by atoms with van der Waals surface area (Å²) in [5.74, 6) is 5.26. The molecule has 0 unspecified atom stereocenters. The van der Waals surface area contributed by atoms with Crippen molar-refractivity contribution >= 4 is 5.91 Å². The van der Waals surface area contributed by atoms with Gasteiger partial charge in [-0.1, -0.05) is 24.1 Å². The number of amides is 1. The fourth-order valence-corrected chi connectivity index (χ4v) is 1.17. The van der Waals surface area contributed by atoms with Gasteiger partial charge < -0.3 is 10.6 Å². The highest BCUT2D eigenvalue weighted by Crippen LogP contribution is 1.95. The predicted molar refractivity (Wildman–Crippen MR) is 64.6 cm³/mol. The molecule has 1 aromatic carbocycles. The molecule has 1 rings (SSSR count). The lowest BCUT2D eigenvalue weighted by Crippen LogP contribution is -2.27. The third-order valence-electron chi connectivity index (χ3n) is 2.13. The van der Waals surface area contributed by atoms with E-state index in [-0.39, 0.29) is 5.91 Å². The molecule has 0 aliphatic rings. The van der Waals surface area contributed by atoms with E-state index in [0.717, 1.165) is 12.0 Å². The van der Waals surface area contributed by atoms with Crippen LogP contribution >= 0.6 is 0 Å². The molecule has 1 amide bonds. The third-order valence-corrected chi connectivity index (χ3v) is 2.13. The summed E-state index contributed by atoms with van der Waals surface area (Å²) in [5, 5.41) is 0. The van der Waals surface area contributed by atoms with Crippen molar-refractivity contribution in [1.82, 2.24) is 4.90 Å². The molecule has 0 bridgehead atoms. The van der Waals surface area contributed by atoms with Crippen LogP contribution in [0.1, 0.15) is 12.0 Å². The molecule has 0 aromatic heterocycles. The summed E-state index contributed by atoms with van der Waals surface area (Å²) in [6.45, 7) is 1.24. The van der Waals surface area contributed by atoms with E-state index in [9.17, 15) is 4.79 Å². The van der Waals surface area contributed by atoms with Crippen molar-refractivity contribution in [2.24, 2.45) is 5.73 Å². The van der Waals surface area contributed by atoms with E-state index in [2.05, 4.69) is 11.8 Å². The van der Waals surface area contributed by atoms with Gasteiger partial charge in [-0.25, -0.2) is 0 Å². The van der Waals surface area contributed by atoms with Crippen LogP contribution in [0.4, 0.5) is 0 Å². The molecule has 16 heavy (non-hydrogen) atoms. The highest BCUT2D eigenvalue weighted by molar-refractivity contribution is 5.93. The number of carbonyl (C=O) groups excluding carboxylic acids is 1. The van der Waals surface area contributed by atoms with Crippen molar-refractivity contribution in [2.45, 2.75) is 6.42 Å². The molecule has 3 heteroatoms. The van der Waals surface area contributed by atoms with Crippen LogP contribution in [0.2, 0.25) is 0 Å². The normalized spacial score (nSPS) is 9.12. The van der Waals surface area contributed by atoms with Crippen LogP contribution in [-0.2, 0) is 4.79 Å². The van der Waals surface area contributed by atoms with Crippen molar-refractivity contribution < 1.29 is 4.79 Å². The van der Waals surface area contributed by atoms with Crippen molar-refractivity contribution in [1.29, 1.82) is 0 Å². The Balaban J connectivity index is 2.54. The van der Waals surface area contributed by atoms with Gasteiger partial charge in [0.2, 0.25) is 0 Å². The highest BCUT2D eigenvalue weighted by Gasteiger charge is 2.02. The first-order valence-corrected chi connectivity index (χ1v) is 5.26. The van der Waals surface area contributed by atoms with E-state index in [1.54, 1.807) is 11.9 Å². The molecule has 0 spiro atoms. The minimum atomic E-state index is -0.169. The van der Waals surface area contributed by atoms with Crippen LogP contribution in [0.3, 0.4) is 0 Å². The van der Waals surface area contributed by atoms with E-state index in [1.807, 2.05) is 30.3 Å². The minimum absolute atomic E-state index is 0.169. The Bertz CT molecular complexity index is 389. The van der Waals surface area contributed by atoms with Gasteiger partial charge in [0.1, 0.15) is 0 Å². The zero-order valence-corrected chi connectivity index (χ0v) is 9.44. The summed E-state index contributed by atoms with van der Waals surface area (Å²) in [7, 11) is 1.73. The standard InChI is InChI=1S/C13H16N2O/c1-15(11-5-10-14)13(16)9-8-12-6-3-2-4-7-12/h2-4,6-7H,5,10-11,14H2,1H3. The van der Waals surface area contributed by atoms with E-state index in [0.29, 0.717) is 13.1 Å². The molecule has 0 heterocycles. The van der Waals surface area contributed by atoms with Gasteiger partial charge >= 0.3 is 0 Å². The van der Waals surface area contributed by atoms with Crippen molar-refractivity contribution in [3.05, 3.63) is 35.9 Å². The molecule has 3 nitrogen and oxygen atoms in total. The molecule has 2 N–H and O–H groups in total. The molecular formula is C13H16N2O. The van der Waals surface area contributed by atoms with Gasteiger partial charge in [-0.3, -0.25) is 4.79 Å². The molecule has 84 valence electrons. The lowest BCUT2D eigenvalue weighted by molar-refractivity contribution is -0.123. The second kappa shape index (κ2) is 6.65. The lowest BCUT2D eigenvalue weighted by Gasteiger charge is -2.12. The molecule has 0 saturated heterocycles. The number of hydrogen-bond acceptors (Lipinski definition) is 2. The summed E-state index contributed by atoms with van der Waals surface area (Å²) in [6.07, 6.45) is 0.801. The molecule has 0 atom stereocenters. The Morgan fingerprint density at radius 2 is 2.06 bits per heavy atom. The summed E-state index contributed by atoms with van der Waals surface area (Å²) in [6, 6.07) is 9.46. The number of benzene rings is 1. The van der Waals surface area contributed by atoms with E-state index in [4.69, 9.17) is 5.73 Å². The molecule has 1 aromatic rings. The summed E-state index contributed by atoms with van der Waals surface area (Å²) >= 11 is 0. The average Bonchev–Trinajstić information content (AvgIpc) is 2.34. The third kappa shape index (κ3) is 4.16. The smallest absolute Gasteiger partial charge is 0.298 e. The van der Waals surface area contributed by atoms with Crippen molar-refractivity contribution in [2.75, 3.05) is 20.1 Å². The molecule has 0 aliphatic heterocycles. The van der Waals surface area contributed by atoms with Gasteiger partial charge in [0.25, 0.3) is 5.91 Å². The summed E-state index contributed by atoms with van der Waals surface area (Å²) in [5.41, 5.74) is 6.22. The fourth-order valence-electron chi connectivity index (χ4n) is 1.17.